The second-order valence-electron chi connectivity index (χ2n) is 4.46. The Morgan fingerprint density at radius 1 is 1.50 bits per heavy atom. The lowest BCUT2D eigenvalue weighted by molar-refractivity contribution is -0.0286. The molecule has 0 bridgehead atoms. The van der Waals surface area contributed by atoms with Crippen molar-refractivity contribution in [2.24, 2.45) is 0 Å². The molecule has 0 saturated heterocycles. The van der Waals surface area contributed by atoms with Gasteiger partial charge >= 0.3 is 0 Å². The third-order valence-electron chi connectivity index (χ3n) is 3.05. The minimum absolute atomic E-state index is 0.212. The molecule has 2 rings (SSSR count). The number of hydrogen-bond donors (Lipinski definition) is 2. The van der Waals surface area contributed by atoms with Gasteiger partial charge in [-0.15, -0.1) is 0 Å². The zero-order valence-corrected chi connectivity index (χ0v) is 8.75. The molecule has 1 aliphatic carbocycles. The van der Waals surface area contributed by atoms with E-state index in [1.54, 1.807) is 0 Å². The number of benzene rings is 1. The largest absolute Gasteiger partial charge is 0.388 e. The van der Waals surface area contributed by atoms with Gasteiger partial charge < -0.3 is 10.4 Å². The summed E-state index contributed by atoms with van der Waals surface area (Å²) in [5, 5.41) is 13.2. The minimum Gasteiger partial charge on any atom is -0.388 e. The van der Waals surface area contributed by atoms with Crippen molar-refractivity contribution in [1.82, 2.24) is 0 Å². The number of hydrogen-bond acceptors (Lipinski definition) is 2. The molecule has 0 unspecified atom stereocenters. The van der Waals surface area contributed by atoms with Gasteiger partial charge in [-0.25, -0.2) is 0 Å². The number of anilines is 1. The summed E-state index contributed by atoms with van der Waals surface area (Å²) in [6.45, 7) is 3.97. The van der Waals surface area contributed by atoms with Gasteiger partial charge in [-0.05, 0) is 44.4 Å². The number of aliphatic hydroxyl groups is 1. The van der Waals surface area contributed by atoms with Crippen molar-refractivity contribution >= 4 is 5.69 Å². The summed E-state index contributed by atoms with van der Waals surface area (Å²) in [6, 6.07) is 8.47. The van der Waals surface area contributed by atoms with Crippen molar-refractivity contribution in [2.45, 2.75) is 38.3 Å². The lowest BCUT2D eigenvalue weighted by Gasteiger charge is -2.43. The lowest BCUT2D eigenvalue weighted by Crippen LogP contribution is -2.53. The molecule has 0 heterocycles. The Morgan fingerprint density at radius 2 is 2.29 bits per heavy atom. The van der Waals surface area contributed by atoms with E-state index in [2.05, 4.69) is 24.4 Å². The van der Waals surface area contributed by atoms with Crippen LogP contribution in [0.15, 0.2) is 24.3 Å². The summed E-state index contributed by atoms with van der Waals surface area (Å²) < 4.78 is 0. The van der Waals surface area contributed by atoms with E-state index in [1.165, 1.54) is 5.56 Å². The van der Waals surface area contributed by atoms with Crippen molar-refractivity contribution in [1.29, 1.82) is 0 Å². The first-order valence-corrected chi connectivity index (χ1v) is 5.13. The molecule has 0 spiro atoms. The van der Waals surface area contributed by atoms with E-state index >= 15 is 0 Å². The Balaban J connectivity index is 2.05. The highest BCUT2D eigenvalue weighted by Crippen LogP contribution is 2.34. The Labute approximate surface area is 85.0 Å². The molecule has 0 aliphatic heterocycles. The fourth-order valence-corrected chi connectivity index (χ4v) is 1.87. The maximum absolute atomic E-state index is 9.84. The highest BCUT2D eigenvalue weighted by atomic mass is 16.3. The van der Waals surface area contributed by atoms with Crippen LogP contribution in [0.25, 0.3) is 0 Å². The first-order chi connectivity index (χ1) is 6.58. The van der Waals surface area contributed by atoms with Gasteiger partial charge in [-0.1, -0.05) is 12.1 Å². The molecular weight excluding hydrogens is 174 g/mol. The minimum atomic E-state index is -0.524. The van der Waals surface area contributed by atoms with E-state index in [0.717, 1.165) is 18.5 Å². The molecule has 2 atom stereocenters. The molecule has 14 heavy (non-hydrogen) atoms. The smallest absolute Gasteiger partial charge is 0.0820 e. The molecule has 1 fully saturated rings. The third kappa shape index (κ3) is 1.75. The van der Waals surface area contributed by atoms with Crippen LogP contribution in [0.3, 0.4) is 0 Å². The summed E-state index contributed by atoms with van der Waals surface area (Å²) in [7, 11) is 0. The Kier molecular flexibility index (Phi) is 2.23. The molecule has 0 amide bonds. The van der Waals surface area contributed by atoms with Crippen molar-refractivity contribution in [3.8, 4) is 0 Å². The topological polar surface area (TPSA) is 32.3 Å². The van der Waals surface area contributed by atoms with Gasteiger partial charge in [-0.2, -0.15) is 0 Å². The SMILES string of the molecule is Cc1cccc(N[C@H]2CC[C@]2(C)O)c1. The van der Waals surface area contributed by atoms with E-state index < -0.39 is 5.60 Å². The molecule has 1 aromatic carbocycles. The summed E-state index contributed by atoms with van der Waals surface area (Å²) in [5.74, 6) is 0. The molecule has 1 aromatic rings. The van der Waals surface area contributed by atoms with Gasteiger partial charge in [0.25, 0.3) is 0 Å². The van der Waals surface area contributed by atoms with E-state index in [0.29, 0.717) is 0 Å². The molecule has 1 saturated carbocycles. The normalized spacial score (nSPS) is 30.9. The van der Waals surface area contributed by atoms with Crippen LogP contribution in [0.1, 0.15) is 25.3 Å². The van der Waals surface area contributed by atoms with Crippen molar-refractivity contribution < 1.29 is 5.11 Å². The van der Waals surface area contributed by atoms with Gasteiger partial charge in [0.2, 0.25) is 0 Å². The Hall–Kier alpha value is -1.02. The van der Waals surface area contributed by atoms with Crippen LogP contribution >= 0.6 is 0 Å². The van der Waals surface area contributed by atoms with Crippen LogP contribution in [0.5, 0.6) is 0 Å². The molecule has 0 aromatic heterocycles. The van der Waals surface area contributed by atoms with Crippen molar-refractivity contribution in [3.05, 3.63) is 29.8 Å². The molecule has 0 radical (unpaired) electrons. The summed E-state index contributed by atoms with van der Waals surface area (Å²) in [4.78, 5) is 0. The maximum Gasteiger partial charge on any atom is 0.0820 e. The van der Waals surface area contributed by atoms with Crippen LogP contribution in [-0.2, 0) is 0 Å². The quantitative estimate of drug-likeness (QED) is 0.752. The lowest BCUT2D eigenvalue weighted by atomic mass is 9.76. The molecule has 76 valence electrons. The maximum atomic E-state index is 9.84. The number of nitrogens with one attached hydrogen (secondary N) is 1. The average molecular weight is 191 g/mol. The first kappa shape index (κ1) is 9.53. The van der Waals surface area contributed by atoms with Crippen LogP contribution in [-0.4, -0.2) is 16.7 Å². The summed E-state index contributed by atoms with van der Waals surface area (Å²) >= 11 is 0. The van der Waals surface area contributed by atoms with Crippen LogP contribution in [0, 0.1) is 6.92 Å². The van der Waals surface area contributed by atoms with Gasteiger partial charge in [-0.3, -0.25) is 0 Å². The second-order valence-corrected chi connectivity index (χ2v) is 4.46. The monoisotopic (exact) mass is 191 g/mol. The van der Waals surface area contributed by atoms with E-state index in [-0.39, 0.29) is 6.04 Å². The van der Waals surface area contributed by atoms with Crippen molar-refractivity contribution in [3.63, 3.8) is 0 Å². The fourth-order valence-electron chi connectivity index (χ4n) is 1.87. The van der Waals surface area contributed by atoms with Crippen LogP contribution in [0.4, 0.5) is 5.69 Å². The predicted molar refractivity (Wildman–Crippen MR) is 58.4 cm³/mol. The third-order valence-corrected chi connectivity index (χ3v) is 3.05. The van der Waals surface area contributed by atoms with Crippen molar-refractivity contribution in [2.75, 3.05) is 5.32 Å². The van der Waals surface area contributed by atoms with Gasteiger partial charge in [0.15, 0.2) is 0 Å². The van der Waals surface area contributed by atoms with Crippen LogP contribution in [0.2, 0.25) is 0 Å². The Morgan fingerprint density at radius 3 is 2.79 bits per heavy atom. The van der Waals surface area contributed by atoms with Gasteiger partial charge in [0.05, 0.1) is 11.6 Å². The summed E-state index contributed by atoms with van der Waals surface area (Å²) in [5.41, 5.74) is 1.83. The van der Waals surface area contributed by atoms with Crippen LogP contribution < -0.4 is 5.32 Å². The highest BCUT2D eigenvalue weighted by molar-refractivity contribution is 5.47. The molecular formula is C12H17NO. The molecule has 2 N–H and O–H groups in total. The van der Waals surface area contributed by atoms with Gasteiger partial charge in [0, 0.05) is 5.69 Å². The average Bonchev–Trinajstić information content (AvgIpc) is 2.13. The zero-order valence-electron chi connectivity index (χ0n) is 8.75. The predicted octanol–water partition coefficient (Wildman–Crippen LogP) is 2.32. The fraction of sp³-hybridized carbons (Fsp3) is 0.500. The highest BCUT2D eigenvalue weighted by Gasteiger charge is 2.40. The standard InChI is InChI=1S/C12H17NO/c1-9-4-3-5-10(8-9)13-11-6-7-12(11,2)14/h3-5,8,11,13-14H,6-7H2,1-2H3/t11-,12-/m0/s1. The number of rotatable bonds is 2. The molecule has 1 aliphatic rings. The number of aryl methyl sites for hydroxylation is 1. The van der Waals surface area contributed by atoms with E-state index in [9.17, 15) is 5.11 Å². The Bertz CT molecular complexity index is 333. The molecule has 2 nitrogen and oxygen atoms in total. The van der Waals surface area contributed by atoms with E-state index in [1.807, 2.05) is 19.1 Å². The zero-order chi connectivity index (χ0) is 10.2. The second kappa shape index (κ2) is 3.28. The summed E-state index contributed by atoms with van der Waals surface area (Å²) in [6.07, 6.45) is 1.96. The van der Waals surface area contributed by atoms with E-state index in [4.69, 9.17) is 0 Å². The molecule has 2 heteroatoms. The van der Waals surface area contributed by atoms with Gasteiger partial charge in [0.1, 0.15) is 0 Å². The first-order valence-electron chi connectivity index (χ1n) is 5.13.